The second-order valence-corrected chi connectivity index (χ2v) is 7.88. The molecule has 0 aromatic heterocycles. The van der Waals surface area contributed by atoms with Crippen molar-refractivity contribution in [2.24, 2.45) is 11.3 Å². The molecule has 3 aliphatic rings. The Bertz CT molecular complexity index is 304. The molecule has 0 bridgehead atoms. The zero-order valence-electron chi connectivity index (χ0n) is 13.1. The Labute approximate surface area is 119 Å². The maximum Gasteiger partial charge on any atom is 0.0224 e. The van der Waals surface area contributed by atoms with Crippen molar-refractivity contribution >= 4 is 0 Å². The summed E-state index contributed by atoms with van der Waals surface area (Å²) >= 11 is 0. The highest BCUT2D eigenvalue weighted by atomic mass is 15.3. The Morgan fingerprint density at radius 3 is 2.42 bits per heavy atom. The van der Waals surface area contributed by atoms with Crippen molar-refractivity contribution in [1.82, 2.24) is 10.2 Å². The van der Waals surface area contributed by atoms with E-state index >= 15 is 0 Å². The molecule has 2 heteroatoms. The SMILES string of the molecule is CCC1CNC(C2CCCCC2)CN1C1CC1(C)C. The highest BCUT2D eigenvalue weighted by molar-refractivity contribution is 5.07. The molecule has 1 saturated heterocycles. The van der Waals surface area contributed by atoms with Gasteiger partial charge in [-0.25, -0.2) is 0 Å². The van der Waals surface area contributed by atoms with E-state index in [1.54, 1.807) is 0 Å². The fraction of sp³-hybridized carbons (Fsp3) is 1.00. The Hall–Kier alpha value is -0.0800. The molecule has 1 heterocycles. The number of piperazine rings is 1. The maximum atomic E-state index is 3.89. The first-order chi connectivity index (χ1) is 9.12. The summed E-state index contributed by atoms with van der Waals surface area (Å²) in [5.74, 6) is 0.955. The summed E-state index contributed by atoms with van der Waals surface area (Å²) in [6.45, 7) is 9.79. The topological polar surface area (TPSA) is 15.3 Å². The van der Waals surface area contributed by atoms with Gasteiger partial charge in [0.1, 0.15) is 0 Å². The molecule has 0 amide bonds. The van der Waals surface area contributed by atoms with E-state index in [1.807, 2.05) is 0 Å². The number of hydrogen-bond donors (Lipinski definition) is 1. The number of nitrogens with zero attached hydrogens (tertiary/aromatic N) is 1. The molecule has 1 aliphatic heterocycles. The van der Waals surface area contributed by atoms with Crippen molar-refractivity contribution < 1.29 is 0 Å². The van der Waals surface area contributed by atoms with Crippen LogP contribution in [-0.2, 0) is 0 Å². The van der Waals surface area contributed by atoms with Crippen LogP contribution in [-0.4, -0.2) is 36.1 Å². The van der Waals surface area contributed by atoms with Crippen LogP contribution in [0.25, 0.3) is 0 Å². The zero-order valence-corrected chi connectivity index (χ0v) is 13.1. The Morgan fingerprint density at radius 2 is 1.84 bits per heavy atom. The first-order valence-electron chi connectivity index (χ1n) is 8.61. The molecular formula is C17H32N2. The summed E-state index contributed by atoms with van der Waals surface area (Å²) in [6, 6.07) is 2.43. The van der Waals surface area contributed by atoms with Gasteiger partial charge in [0.25, 0.3) is 0 Å². The van der Waals surface area contributed by atoms with Gasteiger partial charge in [0.15, 0.2) is 0 Å². The Kier molecular flexibility index (Phi) is 3.92. The lowest BCUT2D eigenvalue weighted by atomic mass is 9.82. The minimum atomic E-state index is 0.585. The van der Waals surface area contributed by atoms with Crippen LogP contribution in [0.15, 0.2) is 0 Å². The Balaban J connectivity index is 1.63. The van der Waals surface area contributed by atoms with Gasteiger partial charge >= 0.3 is 0 Å². The van der Waals surface area contributed by atoms with Crippen LogP contribution in [0.5, 0.6) is 0 Å². The molecule has 0 aromatic carbocycles. The van der Waals surface area contributed by atoms with Crippen LogP contribution < -0.4 is 5.32 Å². The molecule has 1 N–H and O–H groups in total. The van der Waals surface area contributed by atoms with E-state index in [2.05, 4.69) is 31.0 Å². The third-order valence-electron chi connectivity index (χ3n) is 6.04. The first-order valence-corrected chi connectivity index (χ1v) is 8.61. The molecule has 2 saturated carbocycles. The fourth-order valence-corrected chi connectivity index (χ4v) is 4.46. The van der Waals surface area contributed by atoms with Gasteiger partial charge in [0.2, 0.25) is 0 Å². The molecule has 19 heavy (non-hydrogen) atoms. The summed E-state index contributed by atoms with van der Waals surface area (Å²) in [5.41, 5.74) is 0.585. The van der Waals surface area contributed by atoms with E-state index in [1.165, 1.54) is 58.0 Å². The summed E-state index contributed by atoms with van der Waals surface area (Å²) in [6.07, 6.45) is 10.1. The van der Waals surface area contributed by atoms with Gasteiger partial charge in [-0.05, 0) is 37.0 Å². The largest absolute Gasteiger partial charge is 0.311 e. The second kappa shape index (κ2) is 5.37. The van der Waals surface area contributed by atoms with Crippen molar-refractivity contribution in [2.75, 3.05) is 13.1 Å². The minimum absolute atomic E-state index is 0.585. The predicted molar refractivity (Wildman–Crippen MR) is 81.3 cm³/mol. The maximum absolute atomic E-state index is 3.89. The van der Waals surface area contributed by atoms with Gasteiger partial charge in [-0.15, -0.1) is 0 Å². The molecule has 2 nitrogen and oxygen atoms in total. The van der Waals surface area contributed by atoms with Gasteiger partial charge in [-0.1, -0.05) is 40.0 Å². The summed E-state index contributed by atoms with van der Waals surface area (Å²) in [7, 11) is 0. The molecule has 3 atom stereocenters. The van der Waals surface area contributed by atoms with Crippen molar-refractivity contribution in [3.8, 4) is 0 Å². The van der Waals surface area contributed by atoms with Gasteiger partial charge in [0.05, 0.1) is 0 Å². The van der Waals surface area contributed by atoms with Crippen LogP contribution in [0.3, 0.4) is 0 Å². The van der Waals surface area contributed by atoms with E-state index in [0.29, 0.717) is 5.41 Å². The van der Waals surface area contributed by atoms with Crippen LogP contribution in [0.4, 0.5) is 0 Å². The van der Waals surface area contributed by atoms with Crippen LogP contribution in [0.2, 0.25) is 0 Å². The molecular weight excluding hydrogens is 232 g/mol. The van der Waals surface area contributed by atoms with Gasteiger partial charge in [-0.2, -0.15) is 0 Å². The molecule has 3 fully saturated rings. The third-order valence-corrected chi connectivity index (χ3v) is 6.04. The van der Waals surface area contributed by atoms with E-state index in [4.69, 9.17) is 0 Å². The first kappa shape index (κ1) is 13.9. The van der Waals surface area contributed by atoms with Crippen molar-refractivity contribution in [3.05, 3.63) is 0 Å². The van der Waals surface area contributed by atoms with Gasteiger partial charge in [0, 0.05) is 31.2 Å². The third kappa shape index (κ3) is 2.85. The highest BCUT2D eigenvalue weighted by Crippen LogP contribution is 2.50. The molecule has 0 aromatic rings. The van der Waals surface area contributed by atoms with Crippen LogP contribution >= 0.6 is 0 Å². The average molecular weight is 264 g/mol. The molecule has 0 spiro atoms. The lowest BCUT2D eigenvalue weighted by molar-refractivity contribution is 0.0768. The summed E-state index contributed by atoms with van der Waals surface area (Å²) in [5, 5.41) is 3.89. The minimum Gasteiger partial charge on any atom is -0.311 e. The second-order valence-electron chi connectivity index (χ2n) is 7.88. The number of hydrogen-bond acceptors (Lipinski definition) is 2. The Morgan fingerprint density at radius 1 is 1.16 bits per heavy atom. The van der Waals surface area contributed by atoms with Crippen molar-refractivity contribution in [3.63, 3.8) is 0 Å². The molecule has 3 rings (SSSR count). The van der Waals surface area contributed by atoms with Crippen LogP contribution in [0.1, 0.15) is 65.7 Å². The monoisotopic (exact) mass is 264 g/mol. The van der Waals surface area contributed by atoms with Crippen molar-refractivity contribution in [2.45, 2.75) is 83.8 Å². The van der Waals surface area contributed by atoms with Crippen LogP contribution in [0, 0.1) is 11.3 Å². The van der Waals surface area contributed by atoms with Crippen molar-refractivity contribution in [1.29, 1.82) is 0 Å². The number of nitrogens with one attached hydrogen (secondary N) is 1. The normalized spacial score (nSPS) is 40.3. The molecule has 3 unspecified atom stereocenters. The molecule has 110 valence electrons. The average Bonchev–Trinajstić information content (AvgIpc) is 3.08. The lowest BCUT2D eigenvalue weighted by Gasteiger charge is -2.44. The van der Waals surface area contributed by atoms with Gasteiger partial charge in [-0.3, -0.25) is 4.90 Å². The quantitative estimate of drug-likeness (QED) is 0.840. The smallest absolute Gasteiger partial charge is 0.0224 e. The molecule has 0 radical (unpaired) electrons. The lowest BCUT2D eigenvalue weighted by Crippen LogP contribution is -2.59. The predicted octanol–water partition coefficient (Wildman–Crippen LogP) is 3.42. The van der Waals surface area contributed by atoms with E-state index in [-0.39, 0.29) is 0 Å². The molecule has 2 aliphatic carbocycles. The zero-order chi connectivity index (χ0) is 13.5. The summed E-state index contributed by atoms with van der Waals surface area (Å²) < 4.78 is 0. The van der Waals surface area contributed by atoms with Gasteiger partial charge < -0.3 is 5.32 Å². The summed E-state index contributed by atoms with van der Waals surface area (Å²) in [4.78, 5) is 2.87. The highest BCUT2D eigenvalue weighted by Gasteiger charge is 2.52. The van der Waals surface area contributed by atoms with E-state index < -0.39 is 0 Å². The fourth-order valence-electron chi connectivity index (χ4n) is 4.46. The standard InChI is InChI=1S/C17H32N2/c1-4-14-11-18-15(13-8-6-5-7-9-13)12-19(14)16-10-17(16,2)3/h13-16,18H,4-12H2,1-3H3. The number of rotatable bonds is 3. The van der Waals surface area contributed by atoms with E-state index in [9.17, 15) is 0 Å². The van der Waals surface area contributed by atoms with E-state index in [0.717, 1.165) is 24.0 Å².